The molecule has 0 bridgehead atoms. The van der Waals surface area contributed by atoms with Crippen LogP contribution in [0.25, 0.3) is 0 Å². The van der Waals surface area contributed by atoms with Crippen LogP contribution in [0, 0.1) is 16.0 Å². The summed E-state index contributed by atoms with van der Waals surface area (Å²) in [5.74, 6) is -0.125. The van der Waals surface area contributed by atoms with Gasteiger partial charge in [0.2, 0.25) is 5.91 Å². The molecular weight excluding hydrogens is 302 g/mol. The van der Waals surface area contributed by atoms with Gasteiger partial charge in [0.1, 0.15) is 0 Å². The van der Waals surface area contributed by atoms with E-state index in [4.69, 9.17) is 5.73 Å². The Morgan fingerprint density at radius 1 is 1.61 bits per heavy atom. The molecule has 0 heterocycles. The number of anilines is 1. The molecule has 1 rings (SSSR count). The normalized spacial score (nSPS) is 11.9. The van der Waals surface area contributed by atoms with E-state index in [1.54, 1.807) is 6.07 Å². The number of halogens is 1. The number of amides is 1. The fraction of sp³-hybridized carbons (Fsp3) is 0.364. The van der Waals surface area contributed by atoms with E-state index in [2.05, 4.69) is 21.2 Å². The van der Waals surface area contributed by atoms with Crippen molar-refractivity contribution in [3.05, 3.63) is 32.8 Å². The summed E-state index contributed by atoms with van der Waals surface area (Å²) in [5.41, 5.74) is 5.74. The molecule has 0 saturated carbocycles. The zero-order valence-electron chi connectivity index (χ0n) is 9.85. The molecule has 1 aromatic carbocycles. The van der Waals surface area contributed by atoms with Crippen LogP contribution in [-0.4, -0.2) is 17.4 Å². The summed E-state index contributed by atoms with van der Waals surface area (Å²) in [6, 6.07) is 4.44. The number of carbonyl (C=O) groups excluding carboxylic acids is 1. The number of hydrogen-bond donors (Lipinski definition) is 2. The summed E-state index contributed by atoms with van der Waals surface area (Å²) in [6.07, 6.45) is 0.292. The third-order valence-corrected chi connectivity index (χ3v) is 3.03. The lowest BCUT2D eigenvalue weighted by atomic mass is 10.1. The number of benzene rings is 1. The highest BCUT2D eigenvalue weighted by atomic mass is 79.9. The first-order valence-electron chi connectivity index (χ1n) is 5.38. The number of rotatable bonds is 5. The molecule has 0 fully saturated rings. The molecule has 0 aromatic heterocycles. The summed E-state index contributed by atoms with van der Waals surface area (Å²) in [4.78, 5) is 21.8. The Balaban J connectivity index is 2.76. The van der Waals surface area contributed by atoms with Crippen molar-refractivity contribution in [2.45, 2.75) is 13.3 Å². The summed E-state index contributed by atoms with van der Waals surface area (Å²) in [6.45, 7) is 2.29. The lowest BCUT2D eigenvalue weighted by molar-refractivity contribution is -0.385. The molecule has 1 atom stereocenters. The Bertz CT molecular complexity index is 465. The van der Waals surface area contributed by atoms with Crippen molar-refractivity contribution < 1.29 is 9.72 Å². The number of hydrogen-bond acceptors (Lipinski definition) is 4. The predicted molar refractivity (Wildman–Crippen MR) is 72.3 cm³/mol. The molecule has 7 heteroatoms. The summed E-state index contributed by atoms with van der Waals surface area (Å²) in [5, 5.41) is 13.3. The molecule has 1 amide bonds. The third kappa shape index (κ3) is 4.08. The summed E-state index contributed by atoms with van der Waals surface area (Å²) >= 11 is 3.08. The van der Waals surface area contributed by atoms with Gasteiger partial charge in [0.25, 0.3) is 5.69 Å². The predicted octanol–water partition coefficient (Wildman–Crippen LogP) is 2.28. The second-order valence-electron chi connectivity index (χ2n) is 4.02. The van der Waals surface area contributed by atoms with Crippen molar-refractivity contribution in [2.75, 3.05) is 11.9 Å². The molecule has 0 aliphatic heterocycles. The van der Waals surface area contributed by atoms with Gasteiger partial charge in [-0.25, -0.2) is 0 Å². The van der Waals surface area contributed by atoms with Gasteiger partial charge in [0.15, 0.2) is 0 Å². The maximum absolute atomic E-state index is 11.6. The molecule has 0 radical (unpaired) electrons. The van der Waals surface area contributed by atoms with Gasteiger partial charge in [-0.3, -0.25) is 14.9 Å². The first-order valence-corrected chi connectivity index (χ1v) is 6.17. The van der Waals surface area contributed by atoms with E-state index < -0.39 is 4.92 Å². The molecule has 0 aliphatic rings. The zero-order chi connectivity index (χ0) is 13.7. The molecule has 1 unspecified atom stereocenters. The van der Waals surface area contributed by atoms with E-state index in [1.165, 1.54) is 12.1 Å². The highest BCUT2D eigenvalue weighted by molar-refractivity contribution is 9.10. The second kappa shape index (κ2) is 6.46. The summed E-state index contributed by atoms with van der Waals surface area (Å²) < 4.78 is 0.376. The summed E-state index contributed by atoms with van der Waals surface area (Å²) in [7, 11) is 0. The number of carbonyl (C=O) groups is 1. The van der Waals surface area contributed by atoms with E-state index in [1.807, 2.05) is 6.92 Å². The smallest absolute Gasteiger partial charge is 0.285 e. The van der Waals surface area contributed by atoms with Crippen LogP contribution >= 0.6 is 15.9 Å². The van der Waals surface area contributed by atoms with Crippen molar-refractivity contribution in [3.8, 4) is 0 Å². The number of nitrogens with one attached hydrogen (secondary N) is 1. The molecule has 0 spiro atoms. The Kier molecular flexibility index (Phi) is 5.24. The maximum atomic E-state index is 11.6. The van der Waals surface area contributed by atoms with Crippen molar-refractivity contribution in [1.29, 1.82) is 0 Å². The number of nitro groups is 1. The van der Waals surface area contributed by atoms with Crippen LogP contribution in [0.2, 0.25) is 0 Å². The van der Waals surface area contributed by atoms with E-state index in [0.29, 0.717) is 23.1 Å². The van der Waals surface area contributed by atoms with E-state index in [0.717, 1.165) is 0 Å². The maximum Gasteiger partial charge on any atom is 0.285 e. The fourth-order valence-corrected chi connectivity index (χ4v) is 1.73. The van der Waals surface area contributed by atoms with Crippen molar-refractivity contribution in [2.24, 2.45) is 11.7 Å². The van der Waals surface area contributed by atoms with E-state index in [9.17, 15) is 14.9 Å². The first-order chi connectivity index (χ1) is 8.43. The minimum absolute atomic E-state index is 0.0791. The number of nitrogens with two attached hydrogens (primary N) is 1. The Hall–Kier alpha value is -1.47. The monoisotopic (exact) mass is 315 g/mol. The topological polar surface area (TPSA) is 98.3 Å². The molecule has 6 nitrogen and oxygen atoms in total. The zero-order valence-corrected chi connectivity index (χ0v) is 11.4. The SMILES string of the molecule is CC(CN)CC(=O)Nc1ccc(Br)c([N+](=O)[O-])c1. The Labute approximate surface area is 113 Å². The molecular formula is C11H14BrN3O3. The average Bonchev–Trinajstić information content (AvgIpc) is 2.31. The molecule has 1 aromatic rings. The van der Waals surface area contributed by atoms with Gasteiger partial charge >= 0.3 is 0 Å². The van der Waals surface area contributed by atoms with Gasteiger partial charge in [-0.15, -0.1) is 0 Å². The van der Waals surface area contributed by atoms with E-state index in [-0.39, 0.29) is 17.5 Å². The quantitative estimate of drug-likeness (QED) is 0.643. The lowest BCUT2D eigenvalue weighted by Gasteiger charge is -2.09. The van der Waals surface area contributed by atoms with Gasteiger partial charge < -0.3 is 11.1 Å². The largest absolute Gasteiger partial charge is 0.330 e. The van der Waals surface area contributed by atoms with Crippen LogP contribution < -0.4 is 11.1 Å². The van der Waals surface area contributed by atoms with Crippen LogP contribution in [0.1, 0.15) is 13.3 Å². The van der Waals surface area contributed by atoms with Crippen LogP contribution in [0.15, 0.2) is 22.7 Å². The van der Waals surface area contributed by atoms with Gasteiger partial charge in [-0.2, -0.15) is 0 Å². The molecule has 0 saturated heterocycles. The Morgan fingerprint density at radius 3 is 2.83 bits per heavy atom. The van der Waals surface area contributed by atoms with Gasteiger partial charge in [0.05, 0.1) is 9.40 Å². The van der Waals surface area contributed by atoms with Crippen LogP contribution in [0.5, 0.6) is 0 Å². The highest BCUT2D eigenvalue weighted by Gasteiger charge is 2.14. The average molecular weight is 316 g/mol. The standard InChI is InChI=1S/C11H14BrN3O3/c1-7(6-13)4-11(16)14-8-2-3-9(12)10(5-8)15(17)18/h2-3,5,7H,4,6,13H2,1H3,(H,14,16). The Morgan fingerprint density at radius 2 is 2.28 bits per heavy atom. The van der Waals surface area contributed by atoms with Crippen LogP contribution in [0.3, 0.4) is 0 Å². The van der Waals surface area contributed by atoms with Gasteiger partial charge in [0, 0.05) is 18.2 Å². The lowest BCUT2D eigenvalue weighted by Crippen LogP contribution is -2.20. The van der Waals surface area contributed by atoms with Crippen LogP contribution in [0.4, 0.5) is 11.4 Å². The third-order valence-electron chi connectivity index (χ3n) is 2.36. The minimum Gasteiger partial charge on any atom is -0.330 e. The van der Waals surface area contributed by atoms with Crippen molar-refractivity contribution in [1.82, 2.24) is 0 Å². The second-order valence-corrected chi connectivity index (χ2v) is 4.87. The van der Waals surface area contributed by atoms with Crippen molar-refractivity contribution in [3.63, 3.8) is 0 Å². The van der Waals surface area contributed by atoms with Gasteiger partial charge in [-0.05, 0) is 40.5 Å². The number of nitrogens with zero attached hydrogens (tertiary/aromatic N) is 1. The highest BCUT2D eigenvalue weighted by Crippen LogP contribution is 2.27. The minimum atomic E-state index is -0.512. The van der Waals surface area contributed by atoms with Crippen molar-refractivity contribution >= 4 is 33.2 Å². The number of nitro benzene ring substituents is 1. The fourth-order valence-electron chi connectivity index (χ4n) is 1.34. The van der Waals surface area contributed by atoms with Crippen LogP contribution in [-0.2, 0) is 4.79 Å². The molecule has 0 aliphatic carbocycles. The molecule has 3 N–H and O–H groups in total. The van der Waals surface area contributed by atoms with E-state index >= 15 is 0 Å². The first kappa shape index (κ1) is 14.6. The van der Waals surface area contributed by atoms with Gasteiger partial charge in [-0.1, -0.05) is 6.92 Å². The molecule has 18 heavy (non-hydrogen) atoms. The molecule has 98 valence electrons.